The summed E-state index contributed by atoms with van der Waals surface area (Å²) < 4.78 is 14.9. The fourth-order valence-corrected chi connectivity index (χ4v) is 1.63. The predicted octanol–water partition coefficient (Wildman–Crippen LogP) is 1.54. The van der Waals surface area contributed by atoms with E-state index in [1.54, 1.807) is 24.7 Å². The molecule has 0 aliphatic rings. The molecule has 0 spiro atoms. The number of nitrogens with one attached hydrogen (secondary N) is 1. The molecule has 0 radical (unpaired) electrons. The number of hydroxylamine groups is 1. The highest BCUT2D eigenvalue weighted by Gasteiger charge is 2.02. The maximum absolute atomic E-state index is 13.0. The minimum absolute atomic E-state index is 0.273. The second-order valence-corrected chi connectivity index (χ2v) is 4.12. The Bertz CT molecular complexity index is 537. The summed E-state index contributed by atoms with van der Waals surface area (Å²) in [5.74, 6) is -0.273. The molecule has 2 aromatic rings. The van der Waals surface area contributed by atoms with E-state index in [9.17, 15) is 4.39 Å². The molecule has 0 saturated heterocycles. The summed E-state index contributed by atoms with van der Waals surface area (Å²) >= 11 is 0. The zero-order chi connectivity index (χ0) is 14.2. The van der Waals surface area contributed by atoms with E-state index in [0.29, 0.717) is 19.7 Å². The molecule has 1 heterocycles. The van der Waals surface area contributed by atoms with Gasteiger partial charge in [0.15, 0.2) is 0 Å². The fraction of sp³-hybridized carbons (Fsp3) is 0.214. The van der Waals surface area contributed by atoms with Crippen molar-refractivity contribution in [3.63, 3.8) is 0 Å². The highest BCUT2D eigenvalue weighted by atomic mass is 19.1. The summed E-state index contributed by atoms with van der Waals surface area (Å²) in [5.41, 5.74) is 9.81. The SMILES string of the molecule is NCCONC(=CCn1ccnc1)c1ccc(F)cc1. The molecule has 106 valence electrons. The van der Waals surface area contributed by atoms with Crippen LogP contribution in [0.1, 0.15) is 5.56 Å². The van der Waals surface area contributed by atoms with Crippen LogP contribution in [-0.4, -0.2) is 22.7 Å². The molecular formula is C14H17FN4O. The number of nitrogens with zero attached hydrogens (tertiary/aromatic N) is 2. The van der Waals surface area contributed by atoms with Crippen LogP contribution in [0.15, 0.2) is 49.1 Å². The number of hydrogen-bond acceptors (Lipinski definition) is 4. The van der Waals surface area contributed by atoms with Crippen molar-refractivity contribution in [3.8, 4) is 0 Å². The first-order valence-corrected chi connectivity index (χ1v) is 6.29. The molecule has 0 amide bonds. The number of aromatic nitrogens is 2. The summed E-state index contributed by atoms with van der Waals surface area (Å²) in [4.78, 5) is 9.21. The quantitative estimate of drug-likeness (QED) is 0.595. The van der Waals surface area contributed by atoms with Gasteiger partial charge in [-0.25, -0.2) is 9.37 Å². The molecule has 0 aliphatic heterocycles. The number of rotatable bonds is 7. The van der Waals surface area contributed by atoms with Crippen LogP contribution in [0.3, 0.4) is 0 Å². The van der Waals surface area contributed by atoms with Gasteiger partial charge in [0, 0.05) is 25.5 Å². The van der Waals surface area contributed by atoms with E-state index in [-0.39, 0.29) is 5.82 Å². The predicted molar refractivity (Wildman–Crippen MR) is 74.7 cm³/mol. The van der Waals surface area contributed by atoms with E-state index < -0.39 is 0 Å². The number of benzene rings is 1. The van der Waals surface area contributed by atoms with E-state index in [1.165, 1.54) is 12.1 Å². The smallest absolute Gasteiger partial charge is 0.123 e. The molecule has 1 aromatic heterocycles. The van der Waals surface area contributed by atoms with Crippen LogP contribution in [0.4, 0.5) is 4.39 Å². The molecule has 20 heavy (non-hydrogen) atoms. The number of imidazole rings is 1. The first-order chi connectivity index (χ1) is 9.79. The molecule has 0 unspecified atom stereocenters. The summed E-state index contributed by atoms with van der Waals surface area (Å²) in [6, 6.07) is 6.19. The number of nitrogens with two attached hydrogens (primary N) is 1. The van der Waals surface area contributed by atoms with Crippen molar-refractivity contribution < 1.29 is 9.23 Å². The van der Waals surface area contributed by atoms with Gasteiger partial charge >= 0.3 is 0 Å². The Balaban J connectivity index is 2.10. The first kappa shape index (κ1) is 14.2. The third-order valence-electron chi connectivity index (χ3n) is 2.62. The third-order valence-corrected chi connectivity index (χ3v) is 2.62. The molecule has 0 saturated carbocycles. The molecular weight excluding hydrogens is 259 g/mol. The number of hydrogen-bond donors (Lipinski definition) is 2. The average Bonchev–Trinajstić information content (AvgIpc) is 2.97. The van der Waals surface area contributed by atoms with Crippen LogP contribution in [0.5, 0.6) is 0 Å². The van der Waals surface area contributed by atoms with Gasteiger partial charge in [-0.1, -0.05) is 0 Å². The lowest BCUT2D eigenvalue weighted by Crippen LogP contribution is -2.19. The van der Waals surface area contributed by atoms with E-state index >= 15 is 0 Å². The van der Waals surface area contributed by atoms with E-state index in [1.807, 2.05) is 16.8 Å². The van der Waals surface area contributed by atoms with Crippen molar-refractivity contribution in [1.82, 2.24) is 15.0 Å². The third kappa shape index (κ3) is 4.18. The lowest BCUT2D eigenvalue weighted by molar-refractivity contribution is 0.0847. The zero-order valence-corrected chi connectivity index (χ0v) is 11.0. The van der Waals surface area contributed by atoms with Crippen molar-refractivity contribution in [3.05, 3.63) is 60.4 Å². The van der Waals surface area contributed by atoms with Crippen LogP contribution in [0.2, 0.25) is 0 Å². The lowest BCUT2D eigenvalue weighted by Gasteiger charge is -2.11. The van der Waals surface area contributed by atoms with Gasteiger partial charge in [0.1, 0.15) is 5.82 Å². The van der Waals surface area contributed by atoms with Crippen molar-refractivity contribution >= 4 is 5.70 Å². The number of allylic oxidation sites excluding steroid dienone is 1. The Hall–Kier alpha value is -2.18. The monoisotopic (exact) mass is 276 g/mol. The first-order valence-electron chi connectivity index (χ1n) is 6.29. The Morgan fingerprint density at radius 3 is 2.85 bits per heavy atom. The lowest BCUT2D eigenvalue weighted by atomic mass is 10.1. The van der Waals surface area contributed by atoms with Gasteiger partial charge in [-0.05, 0) is 35.9 Å². The molecule has 1 aromatic carbocycles. The van der Waals surface area contributed by atoms with Gasteiger partial charge in [0.25, 0.3) is 0 Å². The largest absolute Gasteiger partial charge is 0.334 e. The van der Waals surface area contributed by atoms with Gasteiger partial charge in [-0.15, -0.1) is 0 Å². The summed E-state index contributed by atoms with van der Waals surface area (Å²) in [5, 5.41) is 0. The Morgan fingerprint density at radius 2 is 2.20 bits per heavy atom. The van der Waals surface area contributed by atoms with Crippen LogP contribution in [0.25, 0.3) is 5.70 Å². The normalized spacial score (nSPS) is 11.6. The van der Waals surface area contributed by atoms with Crippen LogP contribution >= 0.6 is 0 Å². The Labute approximate surface area is 116 Å². The summed E-state index contributed by atoms with van der Waals surface area (Å²) in [6.45, 7) is 1.44. The van der Waals surface area contributed by atoms with Crippen molar-refractivity contribution in [1.29, 1.82) is 0 Å². The summed E-state index contributed by atoms with van der Waals surface area (Å²) in [7, 11) is 0. The van der Waals surface area contributed by atoms with Crippen molar-refractivity contribution in [2.24, 2.45) is 5.73 Å². The molecule has 0 fully saturated rings. The molecule has 0 aliphatic carbocycles. The minimum Gasteiger partial charge on any atom is -0.334 e. The molecule has 0 bridgehead atoms. The van der Waals surface area contributed by atoms with Crippen LogP contribution in [0, 0.1) is 5.82 Å². The van der Waals surface area contributed by atoms with Gasteiger partial charge in [-0.2, -0.15) is 0 Å². The second-order valence-electron chi connectivity index (χ2n) is 4.12. The van der Waals surface area contributed by atoms with Crippen LogP contribution in [-0.2, 0) is 11.4 Å². The molecule has 0 atom stereocenters. The van der Waals surface area contributed by atoms with Crippen molar-refractivity contribution in [2.75, 3.05) is 13.2 Å². The average molecular weight is 276 g/mol. The molecule has 6 heteroatoms. The molecule has 2 rings (SSSR count). The van der Waals surface area contributed by atoms with E-state index in [4.69, 9.17) is 10.6 Å². The van der Waals surface area contributed by atoms with E-state index in [2.05, 4.69) is 10.5 Å². The maximum atomic E-state index is 13.0. The van der Waals surface area contributed by atoms with E-state index in [0.717, 1.165) is 11.3 Å². The van der Waals surface area contributed by atoms with Gasteiger partial charge in [0.05, 0.1) is 18.6 Å². The topological polar surface area (TPSA) is 65.1 Å². The van der Waals surface area contributed by atoms with Gasteiger partial charge in [0.2, 0.25) is 0 Å². The fourth-order valence-electron chi connectivity index (χ4n) is 1.63. The molecule has 3 N–H and O–H groups in total. The molecule has 5 nitrogen and oxygen atoms in total. The minimum atomic E-state index is -0.273. The van der Waals surface area contributed by atoms with Crippen LogP contribution < -0.4 is 11.2 Å². The zero-order valence-electron chi connectivity index (χ0n) is 11.0. The summed E-state index contributed by atoms with van der Waals surface area (Å²) in [6.07, 6.45) is 7.23. The van der Waals surface area contributed by atoms with Gasteiger partial charge in [-0.3, -0.25) is 10.3 Å². The number of halogens is 1. The standard InChI is InChI=1S/C14H17FN4O/c15-13-3-1-12(2-4-13)14(18-20-10-6-16)5-8-19-9-7-17-11-19/h1-5,7,9,11,18H,6,8,10,16H2. The second kappa shape index (κ2) is 7.42. The van der Waals surface area contributed by atoms with Gasteiger partial charge < -0.3 is 10.3 Å². The Kier molecular flexibility index (Phi) is 5.28. The highest BCUT2D eigenvalue weighted by Crippen LogP contribution is 2.13. The van der Waals surface area contributed by atoms with Crippen molar-refractivity contribution in [2.45, 2.75) is 6.54 Å². The maximum Gasteiger partial charge on any atom is 0.123 e. The Morgan fingerprint density at radius 1 is 1.40 bits per heavy atom. The highest BCUT2D eigenvalue weighted by molar-refractivity contribution is 5.62.